The second kappa shape index (κ2) is 5.77. The maximum atomic E-state index is 12.6. The number of aryl methyl sites for hydroxylation is 1. The number of rotatable bonds is 3. The van der Waals surface area contributed by atoms with Crippen molar-refractivity contribution in [2.24, 2.45) is 0 Å². The number of carbonyl (C=O) groups is 1. The Balaban J connectivity index is 2.52. The normalized spacial score (nSPS) is 10.9. The Morgan fingerprint density at radius 1 is 1.11 bits per heavy atom. The van der Waals surface area contributed by atoms with Gasteiger partial charge in [-0.1, -0.05) is 28.8 Å². The van der Waals surface area contributed by atoms with E-state index in [0.717, 1.165) is 10.9 Å². The van der Waals surface area contributed by atoms with E-state index in [0.29, 0.717) is 10.9 Å². The van der Waals surface area contributed by atoms with Crippen LogP contribution in [0.1, 0.15) is 15.9 Å². The zero-order valence-corrected chi connectivity index (χ0v) is 11.8. The van der Waals surface area contributed by atoms with Gasteiger partial charge < -0.3 is 5.32 Å². The molecular weight excluding hydrogens is 257 g/mol. The molecule has 0 fully saturated rings. The van der Waals surface area contributed by atoms with Crippen LogP contribution in [0.4, 0.5) is 0 Å². The summed E-state index contributed by atoms with van der Waals surface area (Å²) in [6.45, 7) is 1.92. The van der Waals surface area contributed by atoms with Gasteiger partial charge in [-0.05, 0) is 36.8 Å². The predicted octanol–water partition coefficient (Wildman–Crippen LogP) is 2.13. The van der Waals surface area contributed by atoms with Gasteiger partial charge in [0.25, 0.3) is 5.91 Å². The third-order valence-corrected chi connectivity index (χ3v) is 4.41. The molecule has 1 N–H and O–H groups in total. The summed E-state index contributed by atoms with van der Waals surface area (Å²) in [7, 11) is -0.186. The Labute approximate surface area is 113 Å². The van der Waals surface area contributed by atoms with Crippen LogP contribution >= 0.6 is 7.80 Å². The predicted molar refractivity (Wildman–Crippen MR) is 77.9 cm³/mol. The summed E-state index contributed by atoms with van der Waals surface area (Å²) in [6.07, 6.45) is 0. The van der Waals surface area contributed by atoms with Gasteiger partial charge in [0, 0.05) is 7.05 Å². The Hall–Kier alpha value is -1.99. The molecular formula is C15H15NO2P+. The Kier molecular flexibility index (Phi) is 4.08. The van der Waals surface area contributed by atoms with Gasteiger partial charge in [-0.15, -0.1) is 0 Å². The summed E-state index contributed by atoms with van der Waals surface area (Å²) in [5, 5.41) is 3.89. The van der Waals surface area contributed by atoms with Gasteiger partial charge in [-0.25, -0.2) is 0 Å². The topological polar surface area (TPSA) is 46.2 Å². The van der Waals surface area contributed by atoms with Gasteiger partial charge >= 0.3 is 7.80 Å². The fraction of sp³-hybridized carbons (Fsp3) is 0.133. The molecule has 0 aromatic heterocycles. The number of amides is 1. The fourth-order valence-corrected chi connectivity index (χ4v) is 3.28. The van der Waals surface area contributed by atoms with Crippen LogP contribution in [0.15, 0.2) is 48.5 Å². The third kappa shape index (κ3) is 2.88. The molecule has 0 heterocycles. The summed E-state index contributed by atoms with van der Waals surface area (Å²) in [4.78, 5) is 11.8. The number of nitrogens with one attached hydrogen (secondary N) is 1. The first-order valence-electron chi connectivity index (χ1n) is 5.98. The molecule has 0 saturated carbocycles. The van der Waals surface area contributed by atoms with E-state index in [1.165, 1.54) is 0 Å². The molecule has 3 nitrogen and oxygen atoms in total. The summed E-state index contributed by atoms with van der Waals surface area (Å²) in [5.74, 6) is -0.214. The standard InChI is InChI=1S/C15H14NO2P/c1-11-8-9-13(15(17)16-2)14(10-11)19(18)12-6-4-3-5-7-12/h3-10H,1-2H3/p+1. The molecule has 2 aromatic carbocycles. The van der Waals surface area contributed by atoms with Crippen molar-refractivity contribution in [2.45, 2.75) is 6.92 Å². The van der Waals surface area contributed by atoms with E-state index >= 15 is 0 Å². The van der Waals surface area contributed by atoms with Crippen molar-refractivity contribution < 1.29 is 9.36 Å². The lowest BCUT2D eigenvalue weighted by Crippen LogP contribution is -2.25. The van der Waals surface area contributed by atoms with Crippen LogP contribution in [-0.4, -0.2) is 13.0 Å². The molecule has 0 aliphatic carbocycles. The zero-order valence-electron chi connectivity index (χ0n) is 10.9. The summed E-state index contributed by atoms with van der Waals surface area (Å²) in [6, 6.07) is 14.6. The molecule has 0 saturated heterocycles. The van der Waals surface area contributed by atoms with E-state index in [1.807, 2.05) is 49.4 Å². The molecule has 0 radical (unpaired) electrons. The molecule has 96 valence electrons. The smallest absolute Gasteiger partial charge is 0.355 e. The molecule has 1 amide bonds. The highest BCUT2D eigenvalue weighted by Crippen LogP contribution is 2.22. The molecule has 1 atom stereocenters. The Bertz CT molecular complexity index is 623. The molecule has 2 aromatic rings. The summed E-state index contributed by atoms with van der Waals surface area (Å²) >= 11 is 0. The quantitative estimate of drug-likeness (QED) is 0.870. The van der Waals surface area contributed by atoms with Crippen LogP contribution in [0.2, 0.25) is 0 Å². The molecule has 0 aliphatic rings. The monoisotopic (exact) mass is 272 g/mol. The van der Waals surface area contributed by atoms with Crippen molar-refractivity contribution in [1.82, 2.24) is 5.32 Å². The van der Waals surface area contributed by atoms with Gasteiger partial charge in [-0.2, -0.15) is 0 Å². The molecule has 0 spiro atoms. The second-order valence-corrected chi connectivity index (χ2v) is 5.82. The third-order valence-electron chi connectivity index (χ3n) is 2.83. The van der Waals surface area contributed by atoms with Crippen LogP contribution in [0.5, 0.6) is 0 Å². The van der Waals surface area contributed by atoms with E-state index < -0.39 is 7.80 Å². The zero-order chi connectivity index (χ0) is 13.8. The maximum absolute atomic E-state index is 12.6. The van der Waals surface area contributed by atoms with Gasteiger partial charge in [0.1, 0.15) is 0 Å². The maximum Gasteiger partial charge on any atom is 0.416 e. The molecule has 0 bridgehead atoms. The molecule has 0 aliphatic heterocycles. The highest BCUT2D eigenvalue weighted by molar-refractivity contribution is 7.61. The van der Waals surface area contributed by atoms with Gasteiger partial charge in [-0.3, -0.25) is 4.79 Å². The van der Waals surface area contributed by atoms with Crippen molar-refractivity contribution in [3.63, 3.8) is 0 Å². The number of carbonyl (C=O) groups excluding carboxylic acids is 1. The van der Waals surface area contributed by atoms with Crippen molar-refractivity contribution in [2.75, 3.05) is 7.05 Å². The van der Waals surface area contributed by atoms with Crippen molar-refractivity contribution in [1.29, 1.82) is 0 Å². The van der Waals surface area contributed by atoms with Crippen LogP contribution in [-0.2, 0) is 4.57 Å². The fourth-order valence-electron chi connectivity index (χ4n) is 1.84. The lowest BCUT2D eigenvalue weighted by atomic mass is 10.1. The summed E-state index contributed by atoms with van der Waals surface area (Å²) < 4.78 is 12.6. The molecule has 4 heteroatoms. The molecule has 2 rings (SSSR count). The largest absolute Gasteiger partial charge is 0.416 e. The van der Waals surface area contributed by atoms with E-state index in [-0.39, 0.29) is 5.91 Å². The molecule has 19 heavy (non-hydrogen) atoms. The lowest BCUT2D eigenvalue weighted by molar-refractivity contribution is 0.0964. The molecule has 1 unspecified atom stereocenters. The first-order valence-corrected chi connectivity index (χ1v) is 7.24. The van der Waals surface area contributed by atoms with E-state index in [2.05, 4.69) is 5.32 Å². The number of hydrogen-bond acceptors (Lipinski definition) is 2. The number of hydrogen-bond donors (Lipinski definition) is 1. The second-order valence-electron chi connectivity index (χ2n) is 4.23. The minimum atomic E-state index is -1.76. The van der Waals surface area contributed by atoms with E-state index in [9.17, 15) is 9.36 Å². The minimum Gasteiger partial charge on any atom is -0.355 e. The van der Waals surface area contributed by atoms with Crippen LogP contribution in [0, 0.1) is 6.92 Å². The number of benzene rings is 2. The minimum absolute atomic E-state index is 0.214. The average Bonchev–Trinajstić information content (AvgIpc) is 2.46. The van der Waals surface area contributed by atoms with Crippen molar-refractivity contribution in [3.05, 3.63) is 59.7 Å². The van der Waals surface area contributed by atoms with Crippen molar-refractivity contribution in [3.8, 4) is 0 Å². The van der Waals surface area contributed by atoms with Crippen LogP contribution in [0.3, 0.4) is 0 Å². The van der Waals surface area contributed by atoms with Gasteiger partial charge in [0.05, 0.1) is 5.56 Å². The van der Waals surface area contributed by atoms with E-state index in [1.54, 1.807) is 13.1 Å². The first kappa shape index (κ1) is 13.4. The van der Waals surface area contributed by atoms with E-state index in [4.69, 9.17) is 0 Å². The summed E-state index contributed by atoms with van der Waals surface area (Å²) in [5.41, 5.74) is 1.46. The highest BCUT2D eigenvalue weighted by atomic mass is 31.1. The van der Waals surface area contributed by atoms with Gasteiger partial charge in [0.15, 0.2) is 5.30 Å². The Morgan fingerprint density at radius 2 is 1.79 bits per heavy atom. The van der Waals surface area contributed by atoms with Crippen LogP contribution in [0.25, 0.3) is 0 Å². The first-order chi connectivity index (χ1) is 9.13. The highest BCUT2D eigenvalue weighted by Gasteiger charge is 2.29. The van der Waals surface area contributed by atoms with Crippen LogP contribution < -0.4 is 15.9 Å². The average molecular weight is 272 g/mol. The SMILES string of the molecule is CNC(=O)c1ccc(C)cc1[P+](=O)c1ccccc1. The lowest BCUT2D eigenvalue weighted by Gasteiger charge is -2.01. The van der Waals surface area contributed by atoms with Crippen molar-refractivity contribution >= 4 is 24.3 Å². The van der Waals surface area contributed by atoms with Gasteiger partial charge in [0.2, 0.25) is 5.30 Å². The Morgan fingerprint density at radius 3 is 2.42 bits per heavy atom.